The number of carbonyl (C=O) groups is 4. The Morgan fingerprint density at radius 3 is 2.50 bits per heavy atom. The van der Waals surface area contributed by atoms with E-state index in [1.54, 1.807) is 38.1 Å². The van der Waals surface area contributed by atoms with Crippen LogP contribution in [0.2, 0.25) is 0 Å². The van der Waals surface area contributed by atoms with E-state index in [0.717, 1.165) is 4.90 Å². The molecule has 0 bridgehead atoms. The number of hydrogen-bond acceptors (Lipinski definition) is 4. The van der Waals surface area contributed by atoms with Gasteiger partial charge in [-0.1, -0.05) is 31.2 Å². The quantitative estimate of drug-likeness (QED) is 0.717. The molecule has 4 rings (SSSR count). The Hall–Kier alpha value is -3.75. The third-order valence-corrected chi connectivity index (χ3v) is 5.96. The molecule has 2 aromatic carbocycles. The summed E-state index contributed by atoms with van der Waals surface area (Å²) in [6.07, 6.45) is 0.310. The molecule has 32 heavy (non-hydrogen) atoms. The molecule has 2 heterocycles. The molecule has 0 saturated carbocycles. The number of nitrogens with zero attached hydrogens (tertiary/aromatic N) is 2. The molecular weight excluding hydrogens is 415 g/mol. The Morgan fingerprint density at radius 1 is 1.12 bits per heavy atom. The Kier molecular flexibility index (Phi) is 5.41. The Labute approximate surface area is 184 Å². The van der Waals surface area contributed by atoms with Crippen molar-refractivity contribution < 1.29 is 23.6 Å². The van der Waals surface area contributed by atoms with Crippen LogP contribution in [0.3, 0.4) is 0 Å². The minimum absolute atomic E-state index is 0.0784. The number of rotatable bonds is 4. The molecule has 0 aliphatic carbocycles. The number of carbonyl (C=O) groups excluding carboxylic acids is 4. The zero-order valence-corrected chi connectivity index (χ0v) is 17.7. The first kappa shape index (κ1) is 21.5. The standard InChI is InChI=1S/C23H23FN4O4/c1-3-23(15-8-10-16(24)11-9-15)21(31)27(22(32)26-23)13-20(30)28-14(2)12-19(29)25-17-6-4-5-7-18(17)28/h4-11,14H,3,12-13H2,1-2H3,(H,25,29)(H,26,32)/t14-,23+/m1/s1. The molecule has 0 radical (unpaired) electrons. The minimum Gasteiger partial charge on any atom is -0.324 e. The van der Waals surface area contributed by atoms with Crippen LogP contribution >= 0.6 is 0 Å². The molecule has 2 aromatic rings. The van der Waals surface area contributed by atoms with Gasteiger partial charge < -0.3 is 15.5 Å². The van der Waals surface area contributed by atoms with Gasteiger partial charge in [-0.25, -0.2) is 9.18 Å². The fourth-order valence-corrected chi connectivity index (χ4v) is 4.32. The number of urea groups is 1. The Bertz CT molecular complexity index is 1100. The van der Waals surface area contributed by atoms with E-state index in [9.17, 15) is 23.6 Å². The molecule has 2 N–H and O–H groups in total. The fourth-order valence-electron chi connectivity index (χ4n) is 4.32. The molecule has 0 unspecified atom stereocenters. The maximum absolute atomic E-state index is 13.4. The summed E-state index contributed by atoms with van der Waals surface area (Å²) in [5.74, 6) is -1.75. The average Bonchev–Trinajstić information content (AvgIpc) is 2.92. The second-order valence-corrected chi connectivity index (χ2v) is 7.97. The number of fused-ring (bicyclic) bond motifs is 1. The molecule has 1 saturated heterocycles. The summed E-state index contributed by atoms with van der Waals surface area (Å²) in [7, 11) is 0. The molecule has 5 amide bonds. The van der Waals surface area contributed by atoms with Gasteiger partial charge in [0, 0.05) is 12.5 Å². The highest BCUT2D eigenvalue weighted by Gasteiger charge is 2.52. The lowest BCUT2D eigenvalue weighted by molar-refractivity contribution is -0.135. The number of anilines is 2. The summed E-state index contributed by atoms with van der Waals surface area (Å²) in [6.45, 7) is 2.98. The topological polar surface area (TPSA) is 98.8 Å². The van der Waals surface area contributed by atoms with Crippen molar-refractivity contribution in [3.05, 3.63) is 59.9 Å². The van der Waals surface area contributed by atoms with E-state index in [4.69, 9.17) is 0 Å². The van der Waals surface area contributed by atoms with Gasteiger partial charge in [0.15, 0.2) is 0 Å². The zero-order chi connectivity index (χ0) is 23.0. The molecule has 1 fully saturated rings. The Balaban J connectivity index is 1.63. The smallest absolute Gasteiger partial charge is 0.324 e. The van der Waals surface area contributed by atoms with E-state index >= 15 is 0 Å². The highest BCUT2D eigenvalue weighted by atomic mass is 19.1. The summed E-state index contributed by atoms with van der Waals surface area (Å²) in [4.78, 5) is 53.9. The van der Waals surface area contributed by atoms with Crippen molar-refractivity contribution >= 4 is 35.1 Å². The Morgan fingerprint density at radius 2 is 1.81 bits per heavy atom. The van der Waals surface area contributed by atoms with Gasteiger partial charge in [0.2, 0.25) is 11.8 Å². The molecule has 2 aliphatic heterocycles. The van der Waals surface area contributed by atoms with Crippen molar-refractivity contribution in [2.75, 3.05) is 16.8 Å². The van der Waals surface area contributed by atoms with E-state index < -0.39 is 41.8 Å². The van der Waals surface area contributed by atoms with Crippen LogP contribution in [-0.4, -0.2) is 41.2 Å². The van der Waals surface area contributed by atoms with Gasteiger partial charge in [-0.15, -0.1) is 0 Å². The molecule has 0 spiro atoms. The number of para-hydroxylation sites is 2. The van der Waals surface area contributed by atoms with Crippen LogP contribution in [-0.2, 0) is 19.9 Å². The molecule has 9 heteroatoms. The molecule has 0 aromatic heterocycles. The predicted octanol–water partition coefficient (Wildman–Crippen LogP) is 2.75. The average molecular weight is 438 g/mol. The number of benzene rings is 2. The SMILES string of the molecule is CC[C@@]1(c2ccc(F)cc2)NC(=O)N(CC(=O)N2c3ccccc3NC(=O)C[C@H]2C)C1=O. The predicted molar refractivity (Wildman–Crippen MR) is 115 cm³/mol. The van der Waals surface area contributed by atoms with E-state index in [0.29, 0.717) is 16.9 Å². The summed E-state index contributed by atoms with van der Waals surface area (Å²) in [5.41, 5.74) is 0.0630. The first-order chi connectivity index (χ1) is 15.3. The van der Waals surface area contributed by atoms with Crippen molar-refractivity contribution in [2.24, 2.45) is 0 Å². The normalized spacial score (nSPS) is 22.8. The highest BCUT2D eigenvalue weighted by Crippen LogP contribution is 2.34. The van der Waals surface area contributed by atoms with Crippen LogP contribution in [0.1, 0.15) is 32.3 Å². The molecule has 2 atom stereocenters. The molecule has 8 nitrogen and oxygen atoms in total. The minimum atomic E-state index is -1.37. The summed E-state index contributed by atoms with van der Waals surface area (Å²) < 4.78 is 13.4. The van der Waals surface area contributed by atoms with Crippen molar-refractivity contribution in [1.82, 2.24) is 10.2 Å². The molecule has 2 aliphatic rings. The van der Waals surface area contributed by atoms with Gasteiger partial charge in [0.05, 0.1) is 11.4 Å². The summed E-state index contributed by atoms with van der Waals surface area (Å²) in [5, 5.41) is 5.46. The van der Waals surface area contributed by atoms with E-state index in [1.165, 1.54) is 29.2 Å². The van der Waals surface area contributed by atoms with E-state index in [-0.39, 0.29) is 18.7 Å². The van der Waals surface area contributed by atoms with E-state index in [2.05, 4.69) is 10.6 Å². The second kappa shape index (κ2) is 8.07. The highest BCUT2D eigenvalue weighted by molar-refractivity contribution is 6.12. The lowest BCUT2D eigenvalue weighted by Crippen LogP contribution is -2.48. The second-order valence-electron chi connectivity index (χ2n) is 7.97. The van der Waals surface area contributed by atoms with Crippen LogP contribution < -0.4 is 15.5 Å². The number of halogens is 1. The van der Waals surface area contributed by atoms with Crippen LogP contribution in [0.25, 0.3) is 0 Å². The maximum Gasteiger partial charge on any atom is 0.325 e. The lowest BCUT2D eigenvalue weighted by atomic mass is 9.87. The number of hydrogen-bond donors (Lipinski definition) is 2. The van der Waals surface area contributed by atoms with Crippen LogP contribution in [0.5, 0.6) is 0 Å². The molecular formula is C23H23FN4O4. The number of amides is 5. The maximum atomic E-state index is 13.4. The monoisotopic (exact) mass is 438 g/mol. The first-order valence-corrected chi connectivity index (χ1v) is 10.4. The van der Waals surface area contributed by atoms with Gasteiger partial charge in [0.25, 0.3) is 5.91 Å². The third kappa shape index (κ3) is 3.49. The largest absolute Gasteiger partial charge is 0.325 e. The van der Waals surface area contributed by atoms with Crippen LogP contribution in [0, 0.1) is 5.82 Å². The summed E-state index contributed by atoms with van der Waals surface area (Å²) in [6, 6.07) is 11.1. The molecule has 166 valence electrons. The zero-order valence-electron chi connectivity index (χ0n) is 17.7. The van der Waals surface area contributed by atoms with Crippen LogP contribution in [0.4, 0.5) is 20.6 Å². The van der Waals surface area contributed by atoms with Gasteiger partial charge in [-0.2, -0.15) is 0 Å². The first-order valence-electron chi connectivity index (χ1n) is 10.4. The lowest BCUT2D eigenvalue weighted by Gasteiger charge is -2.29. The van der Waals surface area contributed by atoms with Gasteiger partial charge >= 0.3 is 6.03 Å². The van der Waals surface area contributed by atoms with Crippen molar-refractivity contribution in [2.45, 2.75) is 38.3 Å². The van der Waals surface area contributed by atoms with Gasteiger partial charge in [-0.05, 0) is 43.2 Å². The van der Waals surface area contributed by atoms with Crippen LogP contribution in [0.15, 0.2) is 48.5 Å². The van der Waals surface area contributed by atoms with Crippen molar-refractivity contribution in [1.29, 1.82) is 0 Å². The third-order valence-electron chi connectivity index (χ3n) is 5.96. The van der Waals surface area contributed by atoms with Gasteiger partial charge in [0.1, 0.15) is 17.9 Å². The van der Waals surface area contributed by atoms with Gasteiger partial charge in [-0.3, -0.25) is 19.3 Å². The number of nitrogens with one attached hydrogen (secondary N) is 2. The summed E-state index contributed by atoms with van der Waals surface area (Å²) >= 11 is 0. The fraction of sp³-hybridized carbons (Fsp3) is 0.304. The number of imide groups is 1. The van der Waals surface area contributed by atoms with Crippen molar-refractivity contribution in [3.8, 4) is 0 Å². The van der Waals surface area contributed by atoms with E-state index in [1.807, 2.05) is 0 Å². The van der Waals surface area contributed by atoms with Crippen molar-refractivity contribution in [3.63, 3.8) is 0 Å².